The lowest BCUT2D eigenvalue weighted by Crippen LogP contribution is -2.24. The standard InChI is InChI=1S/C9H8INO3/c1-14-9(13)8(12)11-7-5-3-2-4-6(7)10/h2-5H,1H3,(H,11,12). The van der Waals surface area contributed by atoms with Crippen molar-refractivity contribution in [3.8, 4) is 0 Å². The van der Waals surface area contributed by atoms with Crippen molar-refractivity contribution in [2.24, 2.45) is 0 Å². The molecule has 0 radical (unpaired) electrons. The number of hydrogen-bond acceptors (Lipinski definition) is 3. The molecule has 1 aromatic carbocycles. The Kier molecular flexibility index (Phi) is 3.87. The predicted octanol–water partition coefficient (Wildman–Crippen LogP) is 1.40. The van der Waals surface area contributed by atoms with Gasteiger partial charge in [-0.25, -0.2) is 4.79 Å². The number of carbonyl (C=O) groups excluding carboxylic acids is 2. The minimum atomic E-state index is -0.898. The molecule has 0 fully saturated rings. The normalized spacial score (nSPS) is 9.29. The average molecular weight is 305 g/mol. The van der Waals surface area contributed by atoms with Crippen molar-refractivity contribution in [1.82, 2.24) is 0 Å². The topological polar surface area (TPSA) is 55.4 Å². The molecule has 5 heteroatoms. The zero-order chi connectivity index (χ0) is 10.6. The molecular formula is C9H8INO3. The fourth-order valence-corrected chi connectivity index (χ4v) is 1.35. The Balaban J connectivity index is 2.75. The van der Waals surface area contributed by atoms with Crippen molar-refractivity contribution >= 4 is 40.2 Å². The van der Waals surface area contributed by atoms with E-state index in [4.69, 9.17) is 0 Å². The average Bonchev–Trinajstić information content (AvgIpc) is 2.20. The van der Waals surface area contributed by atoms with E-state index in [0.29, 0.717) is 5.69 Å². The minimum Gasteiger partial charge on any atom is -0.462 e. The van der Waals surface area contributed by atoms with Crippen LogP contribution >= 0.6 is 22.6 Å². The van der Waals surface area contributed by atoms with Crippen molar-refractivity contribution in [2.45, 2.75) is 0 Å². The predicted molar refractivity (Wildman–Crippen MR) is 59.8 cm³/mol. The third-order valence-corrected chi connectivity index (χ3v) is 2.43. The number of benzene rings is 1. The van der Waals surface area contributed by atoms with E-state index in [9.17, 15) is 9.59 Å². The molecule has 0 aliphatic rings. The highest BCUT2D eigenvalue weighted by Crippen LogP contribution is 2.16. The summed E-state index contributed by atoms with van der Waals surface area (Å²) in [5, 5.41) is 2.44. The van der Waals surface area contributed by atoms with Crippen molar-refractivity contribution in [2.75, 3.05) is 12.4 Å². The molecule has 1 rings (SSSR count). The number of halogens is 1. The Bertz CT molecular complexity index is 365. The summed E-state index contributed by atoms with van der Waals surface area (Å²) in [5.41, 5.74) is 0.600. The van der Waals surface area contributed by atoms with Crippen LogP contribution in [0.15, 0.2) is 24.3 Å². The summed E-state index contributed by atoms with van der Waals surface area (Å²) in [5.74, 6) is -1.67. The van der Waals surface area contributed by atoms with Crippen LogP contribution in [0.5, 0.6) is 0 Å². The molecule has 0 unspecified atom stereocenters. The maximum absolute atomic E-state index is 11.1. The first kappa shape index (κ1) is 11.0. The van der Waals surface area contributed by atoms with Crippen LogP contribution in [0.3, 0.4) is 0 Å². The summed E-state index contributed by atoms with van der Waals surface area (Å²) in [6.45, 7) is 0. The van der Waals surface area contributed by atoms with Crippen LogP contribution in [0, 0.1) is 3.57 Å². The van der Waals surface area contributed by atoms with E-state index in [1.165, 1.54) is 0 Å². The highest BCUT2D eigenvalue weighted by molar-refractivity contribution is 14.1. The van der Waals surface area contributed by atoms with Crippen LogP contribution in [0.2, 0.25) is 0 Å². The number of esters is 1. The molecule has 1 aromatic rings. The second kappa shape index (κ2) is 4.94. The quantitative estimate of drug-likeness (QED) is 0.485. The number of methoxy groups -OCH3 is 1. The van der Waals surface area contributed by atoms with Gasteiger partial charge in [0.1, 0.15) is 0 Å². The second-order valence-corrected chi connectivity index (χ2v) is 3.59. The number of para-hydroxylation sites is 1. The number of nitrogens with one attached hydrogen (secondary N) is 1. The lowest BCUT2D eigenvalue weighted by atomic mass is 10.3. The molecule has 0 aliphatic heterocycles. The van der Waals surface area contributed by atoms with E-state index >= 15 is 0 Å². The Morgan fingerprint density at radius 2 is 2.00 bits per heavy atom. The third-order valence-electron chi connectivity index (χ3n) is 1.49. The Labute approximate surface area is 94.8 Å². The van der Waals surface area contributed by atoms with E-state index in [1.807, 2.05) is 12.1 Å². The smallest absolute Gasteiger partial charge is 0.396 e. The van der Waals surface area contributed by atoms with E-state index in [0.717, 1.165) is 10.7 Å². The summed E-state index contributed by atoms with van der Waals surface area (Å²) in [6.07, 6.45) is 0. The molecule has 0 aliphatic carbocycles. The molecule has 1 N–H and O–H groups in total. The third kappa shape index (κ3) is 2.69. The molecule has 4 nitrogen and oxygen atoms in total. The van der Waals surface area contributed by atoms with Gasteiger partial charge in [-0.15, -0.1) is 0 Å². The van der Waals surface area contributed by atoms with Gasteiger partial charge in [0, 0.05) is 3.57 Å². The van der Waals surface area contributed by atoms with Crippen LogP contribution in [-0.4, -0.2) is 19.0 Å². The van der Waals surface area contributed by atoms with Gasteiger partial charge in [-0.05, 0) is 34.7 Å². The molecule has 0 atom stereocenters. The molecule has 74 valence electrons. The van der Waals surface area contributed by atoms with Gasteiger partial charge in [0.2, 0.25) is 0 Å². The van der Waals surface area contributed by atoms with E-state index in [1.54, 1.807) is 12.1 Å². The van der Waals surface area contributed by atoms with Crippen LogP contribution < -0.4 is 5.32 Å². The van der Waals surface area contributed by atoms with E-state index in [2.05, 4.69) is 32.6 Å². The molecule has 0 aromatic heterocycles. The summed E-state index contributed by atoms with van der Waals surface area (Å²) < 4.78 is 5.13. The van der Waals surface area contributed by atoms with Gasteiger partial charge in [-0.2, -0.15) is 0 Å². The first-order valence-electron chi connectivity index (χ1n) is 3.79. The molecule has 14 heavy (non-hydrogen) atoms. The second-order valence-electron chi connectivity index (χ2n) is 2.43. The summed E-state index contributed by atoms with van der Waals surface area (Å²) >= 11 is 2.06. The number of carbonyl (C=O) groups is 2. The largest absolute Gasteiger partial charge is 0.462 e. The van der Waals surface area contributed by atoms with Crippen LogP contribution in [0.1, 0.15) is 0 Å². The van der Waals surface area contributed by atoms with Gasteiger partial charge in [0.25, 0.3) is 0 Å². The van der Waals surface area contributed by atoms with Gasteiger partial charge in [0.05, 0.1) is 12.8 Å². The SMILES string of the molecule is COC(=O)C(=O)Nc1ccccc1I. The van der Waals surface area contributed by atoms with Gasteiger partial charge in [-0.1, -0.05) is 12.1 Å². The van der Waals surface area contributed by atoms with Gasteiger partial charge in [0.15, 0.2) is 0 Å². The number of ether oxygens (including phenoxy) is 1. The Hall–Kier alpha value is -1.11. The fourth-order valence-electron chi connectivity index (χ4n) is 0.829. The summed E-state index contributed by atoms with van der Waals surface area (Å²) in [6, 6.07) is 7.15. The number of amides is 1. The summed E-state index contributed by atoms with van der Waals surface area (Å²) in [4.78, 5) is 21.9. The highest BCUT2D eigenvalue weighted by atomic mass is 127. The minimum absolute atomic E-state index is 0.600. The van der Waals surface area contributed by atoms with Gasteiger partial charge < -0.3 is 10.1 Å². The lowest BCUT2D eigenvalue weighted by Gasteiger charge is -2.04. The number of rotatable bonds is 1. The molecule has 0 spiro atoms. The Morgan fingerprint density at radius 1 is 1.36 bits per heavy atom. The molecule has 0 bridgehead atoms. The van der Waals surface area contributed by atoms with Crippen molar-refractivity contribution in [3.63, 3.8) is 0 Å². The van der Waals surface area contributed by atoms with E-state index in [-0.39, 0.29) is 0 Å². The zero-order valence-corrected chi connectivity index (χ0v) is 9.57. The van der Waals surface area contributed by atoms with Crippen LogP contribution in [0.4, 0.5) is 5.69 Å². The monoisotopic (exact) mass is 305 g/mol. The van der Waals surface area contributed by atoms with Crippen molar-refractivity contribution in [1.29, 1.82) is 0 Å². The van der Waals surface area contributed by atoms with Gasteiger partial charge >= 0.3 is 11.9 Å². The van der Waals surface area contributed by atoms with Crippen molar-refractivity contribution < 1.29 is 14.3 Å². The highest BCUT2D eigenvalue weighted by Gasteiger charge is 2.14. The molecule has 0 saturated heterocycles. The van der Waals surface area contributed by atoms with Crippen molar-refractivity contribution in [3.05, 3.63) is 27.8 Å². The zero-order valence-electron chi connectivity index (χ0n) is 7.41. The molecule has 1 amide bonds. The molecular weight excluding hydrogens is 297 g/mol. The first-order valence-corrected chi connectivity index (χ1v) is 4.87. The first-order chi connectivity index (χ1) is 6.65. The maximum Gasteiger partial charge on any atom is 0.396 e. The summed E-state index contributed by atoms with van der Waals surface area (Å²) in [7, 11) is 1.16. The number of anilines is 1. The maximum atomic E-state index is 11.1. The van der Waals surface area contributed by atoms with Crippen LogP contribution in [0.25, 0.3) is 0 Å². The lowest BCUT2D eigenvalue weighted by molar-refractivity contribution is -0.150. The van der Waals surface area contributed by atoms with E-state index < -0.39 is 11.9 Å². The molecule has 0 saturated carbocycles. The number of hydrogen-bond donors (Lipinski definition) is 1. The van der Waals surface area contributed by atoms with Gasteiger partial charge in [-0.3, -0.25) is 4.79 Å². The fraction of sp³-hybridized carbons (Fsp3) is 0.111. The Morgan fingerprint density at radius 3 is 2.57 bits per heavy atom. The molecule has 0 heterocycles. The van der Waals surface area contributed by atoms with Crippen LogP contribution in [-0.2, 0) is 14.3 Å².